The Bertz CT molecular complexity index is 728. The van der Waals surface area contributed by atoms with Crippen LogP contribution in [0.25, 0.3) is 4.96 Å². The van der Waals surface area contributed by atoms with Gasteiger partial charge in [-0.05, 0) is 38.8 Å². The lowest BCUT2D eigenvalue weighted by Gasteiger charge is -2.33. The Morgan fingerprint density at radius 1 is 1.29 bits per heavy atom. The minimum absolute atomic E-state index is 0.113. The maximum atomic E-state index is 12.0. The van der Waals surface area contributed by atoms with E-state index in [1.165, 1.54) is 60.7 Å². The van der Waals surface area contributed by atoms with Gasteiger partial charge in [0.15, 0.2) is 0 Å². The van der Waals surface area contributed by atoms with Crippen molar-refractivity contribution in [3.05, 3.63) is 22.1 Å². The molecule has 3 rings (SSSR count). The topological polar surface area (TPSA) is 62.5 Å². The fraction of sp³-hybridized carbons (Fsp3) is 0.706. The molecule has 1 aliphatic rings. The number of hydrogen-bond donors (Lipinski definition) is 1. The monoisotopic (exact) mass is 349 g/mol. The molecule has 1 N–H and O–H groups in total. The number of anilines is 1. The second kappa shape index (κ2) is 7.61. The number of aryl methyl sites for hydroxylation is 1. The van der Waals surface area contributed by atoms with Gasteiger partial charge in [-0.25, -0.2) is 4.98 Å². The number of nitrogens with one attached hydrogen (secondary N) is 1. The van der Waals surface area contributed by atoms with Crippen LogP contribution in [-0.4, -0.2) is 45.2 Å². The van der Waals surface area contributed by atoms with E-state index in [9.17, 15) is 4.79 Å². The molecule has 0 amide bonds. The van der Waals surface area contributed by atoms with Gasteiger partial charge in [-0.15, -0.1) is 5.10 Å². The van der Waals surface area contributed by atoms with Crippen molar-refractivity contribution in [1.82, 2.24) is 19.5 Å². The van der Waals surface area contributed by atoms with E-state index in [1.54, 1.807) is 0 Å². The molecule has 1 atom stereocenters. The molecule has 0 spiro atoms. The van der Waals surface area contributed by atoms with Crippen LogP contribution in [0.15, 0.2) is 10.9 Å². The minimum atomic E-state index is -0.113. The molecule has 132 valence electrons. The van der Waals surface area contributed by atoms with Gasteiger partial charge in [0.25, 0.3) is 5.56 Å². The van der Waals surface area contributed by atoms with E-state index in [2.05, 4.69) is 34.1 Å². The second-order valence-corrected chi connectivity index (χ2v) is 7.56. The number of fused-ring (bicyclic) bond motifs is 1. The highest BCUT2D eigenvalue weighted by Gasteiger charge is 2.27. The van der Waals surface area contributed by atoms with E-state index in [-0.39, 0.29) is 5.56 Å². The van der Waals surface area contributed by atoms with Gasteiger partial charge in [-0.3, -0.25) is 9.69 Å². The Balaban J connectivity index is 1.76. The lowest BCUT2D eigenvalue weighted by molar-refractivity contribution is 0.175. The summed E-state index contributed by atoms with van der Waals surface area (Å²) in [7, 11) is 0. The number of likely N-dealkylation sites (tertiary alicyclic amines) is 1. The first kappa shape index (κ1) is 17.4. The first-order chi connectivity index (χ1) is 11.6. The standard InChI is InChI=1S/C17H27N5OS/c1-4-13(5-2)14(21-8-6-7-9-21)11-18-16-20-22-15(23)10-12(3)19-17(22)24-16/h10,13-14H,4-9,11H2,1-3H3,(H,18,20). The predicted octanol–water partition coefficient (Wildman–Crippen LogP) is 2.77. The lowest BCUT2D eigenvalue weighted by atomic mass is 9.93. The summed E-state index contributed by atoms with van der Waals surface area (Å²) in [5, 5.41) is 8.64. The number of nitrogens with zero attached hydrogens (tertiary/aromatic N) is 4. The molecular weight excluding hydrogens is 322 g/mol. The maximum absolute atomic E-state index is 12.0. The van der Waals surface area contributed by atoms with Crippen LogP contribution in [0.4, 0.5) is 5.13 Å². The SMILES string of the molecule is CCC(CC)C(CNc1nn2c(=O)cc(C)nc2s1)N1CCCC1. The summed E-state index contributed by atoms with van der Waals surface area (Å²) in [6.45, 7) is 9.67. The van der Waals surface area contributed by atoms with E-state index in [1.807, 2.05) is 6.92 Å². The molecule has 2 aromatic heterocycles. The molecule has 0 saturated carbocycles. The molecule has 0 bridgehead atoms. The zero-order valence-electron chi connectivity index (χ0n) is 14.8. The fourth-order valence-electron chi connectivity index (χ4n) is 3.68. The van der Waals surface area contributed by atoms with Crippen LogP contribution >= 0.6 is 11.3 Å². The minimum Gasteiger partial charge on any atom is -0.358 e. The summed E-state index contributed by atoms with van der Waals surface area (Å²) in [4.78, 5) is 19.7. The molecule has 6 nitrogen and oxygen atoms in total. The number of rotatable bonds is 7. The number of hydrogen-bond acceptors (Lipinski definition) is 6. The normalized spacial score (nSPS) is 17.0. The van der Waals surface area contributed by atoms with Crippen molar-refractivity contribution < 1.29 is 0 Å². The largest absolute Gasteiger partial charge is 0.358 e. The van der Waals surface area contributed by atoms with E-state index in [4.69, 9.17) is 0 Å². The third-order valence-electron chi connectivity index (χ3n) is 5.04. The molecule has 1 fully saturated rings. The van der Waals surface area contributed by atoms with Crippen LogP contribution in [0.5, 0.6) is 0 Å². The summed E-state index contributed by atoms with van der Waals surface area (Å²) < 4.78 is 1.39. The third-order valence-corrected chi connectivity index (χ3v) is 5.90. The lowest BCUT2D eigenvalue weighted by Crippen LogP contribution is -2.43. The van der Waals surface area contributed by atoms with Crippen molar-refractivity contribution >= 4 is 21.4 Å². The van der Waals surface area contributed by atoms with Gasteiger partial charge in [0.1, 0.15) is 0 Å². The van der Waals surface area contributed by atoms with Crippen LogP contribution < -0.4 is 10.9 Å². The van der Waals surface area contributed by atoms with Crippen molar-refractivity contribution in [2.75, 3.05) is 25.0 Å². The highest BCUT2D eigenvalue weighted by molar-refractivity contribution is 7.20. The Morgan fingerprint density at radius 2 is 2.00 bits per heavy atom. The van der Waals surface area contributed by atoms with E-state index >= 15 is 0 Å². The molecule has 0 aliphatic carbocycles. The van der Waals surface area contributed by atoms with Crippen molar-refractivity contribution in [3.63, 3.8) is 0 Å². The Labute approximate surface area is 146 Å². The van der Waals surface area contributed by atoms with E-state index < -0.39 is 0 Å². The summed E-state index contributed by atoms with van der Waals surface area (Å²) in [6, 6.07) is 2.05. The van der Waals surface area contributed by atoms with E-state index in [0.29, 0.717) is 16.9 Å². The molecule has 2 aromatic rings. The Kier molecular flexibility index (Phi) is 5.50. The van der Waals surface area contributed by atoms with Gasteiger partial charge in [-0.1, -0.05) is 38.0 Å². The molecule has 3 heterocycles. The molecule has 0 aromatic carbocycles. The Morgan fingerprint density at radius 3 is 2.67 bits per heavy atom. The predicted molar refractivity (Wildman–Crippen MR) is 99.0 cm³/mol. The van der Waals surface area contributed by atoms with Gasteiger partial charge in [0.2, 0.25) is 10.1 Å². The van der Waals surface area contributed by atoms with Gasteiger partial charge in [0, 0.05) is 24.3 Å². The van der Waals surface area contributed by atoms with Gasteiger partial charge >= 0.3 is 0 Å². The first-order valence-electron chi connectivity index (χ1n) is 8.97. The molecule has 1 aliphatic heterocycles. The zero-order valence-corrected chi connectivity index (χ0v) is 15.6. The van der Waals surface area contributed by atoms with Crippen molar-refractivity contribution in [2.24, 2.45) is 5.92 Å². The number of aromatic nitrogens is 3. The van der Waals surface area contributed by atoms with Crippen LogP contribution in [-0.2, 0) is 0 Å². The molecule has 0 radical (unpaired) electrons. The maximum Gasteiger partial charge on any atom is 0.275 e. The van der Waals surface area contributed by atoms with Crippen molar-refractivity contribution in [1.29, 1.82) is 0 Å². The van der Waals surface area contributed by atoms with E-state index in [0.717, 1.165) is 17.4 Å². The summed E-state index contributed by atoms with van der Waals surface area (Å²) >= 11 is 1.45. The fourth-order valence-corrected chi connectivity index (χ4v) is 4.54. The zero-order chi connectivity index (χ0) is 17.1. The average Bonchev–Trinajstić information content (AvgIpc) is 3.20. The third kappa shape index (κ3) is 3.62. The molecule has 24 heavy (non-hydrogen) atoms. The van der Waals surface area contributed by atoms with Crippen LogP contribution in [0.3, 0.4) is 0 Å². The second-order valence-electron chi connectivity index (χ2n) is 6.61. The quantitative estimate of drug-likeness (QED) is 0.833. The van der Waals surface area contributed by atoms with Gasteiger partial charge in [-0.2, -0.15) is 4.52 Å². The Hall–Kier alpha value is -1.47. The van der Waals surface area contributed by atoms with Crippen molar-refractivity contribution in [3.8, 4) is 0 Å². The highest BCUT2D eigenvalue weighted by atomic mass is 32.1. The molecule has 1 unspecified atom stereocenters. The highest BCUT2D eigenvalue weighted by Crippen LogP contribution is 2.24. The summed E-state index contributed by atoms with van der Waals surface area (Å²) in [5.74, 6) is 0.688. The van der Waals surface area contributed by atoms with Gasteiger partial charge < -0.3 is 5.32 Å². The molecular formula is C17H27N5OS. The first-order valence-corrected chi connectivity index (χ1v) is 9.79. The van der Waals surface area contributed by atoms with Crippen molar-refractivity contribution in [2.45, 2.75) is 52.5 Å². The smallest absolute Gasteiger partial charge is 0.275 e. The summed E-state index contributed by atoms with van der Waals surface area (Å²) in [6.07, 6.45) is 4.99. The van der Waals surface area contributed by atoms with Crippen LogP contribution in [0.2, 0.25) is 0 Å². The molecule has 7 heteroatoms. The van der Waals surface area contributed by atoms with Crippen LogP contribution in [0.1, 0.15) is 45.2 Å². The molecule has 1 saturated heterocycles. The van der Waals surface area contributed by atoms with Gasteiger partial charge in [0.05, 0.1) is 0 Å². The average molecular weight is 350 g/mol. The van der Waals surface area contributed by atoms with Crippen LogP contribution in [0, 0.1) is 12.8 Å². The summed E-state index contributed by atoms with van der Waals surface area (Å²) in [5.41, 5.74) is 0.625.